The molecule has 2 aromatic carbocycles. The van der Waals surface area contributed by atoms with E-state index in [2.05, 4.69) is 5.43 Å². The first-order valence-electron chi connectivity index (χ1n) is 6.70. The molecule has 0 saturated heterocycles. The number of aromatic hydroxyl groups is 1. The number of hydrazine groups is 1. The quantitative estimate of drug-likeness (QED) is 0.669. The highest BCUT2D eigenvalue weighted by Crippen LogP contribution is 2.27. The fourth-order valence-corrected chi connectivity index (χ4v) is 2.91. The minimum absolute atomic E-state index is 0.0925. The number of phenols is 1. The summed E-state index contributed by atoms with van der Waals surface area (Å²) in [7, 11) is -1.37. The summed E-state index contributed by atoms with van der Waals surface area (Å²) in [5.74, 6) is -0.429. The van der Waals surface area contributed by atoms with Crippen LogP contribution in [-0.2, 0) is 10.0 Å². The molecule has 0 atom stereocenters. The van der Waals surface area contributed by atoms with Crippen LogP contribution < -0.4 is 19.7 Å². The fraction of sp³-hybridized carbons (Fsp3) is 0.133. The Morgan fingerprint density at radius 2 is 1.83 bits per heavy atom. The maximum Gasteiger partial charge on any atom is 0.266 e. The lowest BCUT2D eigenvalue weighted by atomic mass is 10.2. The summed E-state index contributed by atoms with van der Waals surface area (Å²) in [6, 6.07) is 9.73. The third kappa shape index (κ3) is 3.94. The summed E-state index contributed by atoms with van der Waals surface area (Å²) >= 11 is 0. The summed E-state index contributed by atoms with van der Waals surface area (Å²) in [5.41, 5.74) is 2.16. The van der Waals surface area contributed by atoms with Gasteiger partial charge in [0.1, 0.15) is 22.1 Å². The van der Waals surface area contributed by atoms with Crippen LogP contribution >= 0.6 is 0 Å². The summed E-state index contributed by atoms with van der Waals surface area (Å²) < 4.78 is 34.8. The Hall–Kier alpha value is -2.78. The van der Waals surface area contributed by atoms with E-state index in [4.69, 9.17) is 9.47 Å². The number of methoxy groups -OCH3 is 2. The predicted octanol–water partition coefficient (Wildman–Crippen LogP) is 1.03. The number of amides is 1. The number of carbonyl (C=O) groups excluding carboxylic acids is 1. The number of ether oxygens (including phenoxy) is 2. The number of sulfonamides is 1. The molecule has 0 heterocycles. The highest BCUT2D eigenvalue weighted by Gasteiger charge is 2.21. The summed E-state index contributed by atoms with van der Waals surface area (Å²) in [5, 5.41) is 9.34. The zero-order valence-corrected chi connectivity index (χ0v) is 13.8. The second-order valence-electron chi connectivity index (χ2n) is 4.63. The van der Waals surface area contributed by atoms with Crippen LogP contribution in [0.15, 0.2) is 47.4 Å². The maximum absolute atomic E-state index is 12.4. The van der Waals surface area contributed by atoms with Crippen molar-refractivity contribution in [2.45, 2.75) is 4.90 Å². The summed E-state index contributed by atoms with van der Waals surface area (Å²) in [6.07, 6.45) is 0. The Balaban J connectivity index is 2.21. The molecule has 2 aromatic rings. The Bertz CT molecular complexity index is 851. The zero-order valence-electron chi connectivity index (χ0n) is 12.9. The van der Waals surface area contributed by atoms with E-state index < -0.39 is 15.9 Å². The Morgan fingerprint density at radius 1 is 1.08 bits per heavy atom. The Kier molecular flexibility index (Phi) is 5.27. The van der Waals surface area contributed by atoms with E-state index in [0.29, 0.717) is 5.75 Å². The third-order valence-corrected chi connectivity index (χ3v) is 4.34. The predicted molar refractivity (Wildman–Crippen MR) is 85.4 cm³/mol. The van der Waals surface area contributed by atoms with Crippen LogP contribution in [0.4, 0.5) is 0 Å². The van der Waals surface area contributed by atoms with Crippen LogP contribution in [0.25, 0.3) is 0 Å². The van der Waals surface area contributed by atoms with E-state index in [1.807, 2.05) is 4.83 Å². The molecule has 0 aromatic heterocycles. The molecule has 128 valence electrons. The lowest BCUT2D eigenvalue weighted by Crippen LogP contribution is -2.41. The molecule has 0 radical (unpaired) electrons. The van der Waals surface area contributed by atoms with Crippen molar-refractivity contribution < 1.29 is 27.8 Å². The maximum atomic E-state index is 12.4. The Morgan fingerprint density at radius 3 is 2.46 bits per heavy atom. The number of nitrogens with one attached hydrogen (secondary N) is 2. The molecule has 0 aliphatic carbocycles. The van der Waals surface area contributed by atoms with Gasteiger partial charge in [-0.15, -0.1) is 4.83 Å². The molecule has 0 spiro atoms. The normalized spacial score (nSPS) is 10.9. The molecule has 8 nitrogen and oxygen atoms in total. The number of rotatable bonds is 6. The molecular weight excluding hydrogens is 336 g/mol. The molecule has 9 heteroatoms. The highest BCUT2D eigenvalue weighted by molar-refractivity contribution is 7.89. The van der Waals surface area contributed by atoms with Crippen LogP contribution in [0.5, 0.6) is 17.2 Å². The van der Waals surface area contributed by atoms with E-state index >= 15 is 0 Å². The minimum Gasteiger partial charge on any atom is -0.508 e. The van der Waals surface area contributed by atoms with Crippen molar-refractivity contribution >= 4 is 15.9 Å². The molecule has 24 heavy (non-hydrogen) atoms. The molecule has 0 bridgehead atoms. The summed E-state index contributed by atoms with van der Waals surface area (Å²) in [6.45, 7) is 0. The van der Waals surface area contributed by atoms with Gasteiger partial charge in [0.2, 0.25) is 0 Å². The molecule has 0 aliphatic rings. The van der Waals surface area contributed by atoms with E-state index in [0.717, 1.165) is 0 Å². The molecule has 3 N–H and O–H groups in total. The largest absolute Gasteiger partial charge is 0.508 e. The van der Waals surface area contributed by atoms with E-state index in [1.165, 1.54) is 50.6 Å². The van der Waals surface area contributed by atoms with Gasteiger partial charge in [0.05, 0.1) is 14.2 Å². The van der Waals surface area contributed by atoms with Crippen molar-refractivity contribution in [3.63, 3.8) is 0 Å². The zero-order chi connectivity index (χ0) is 17.7. The second-order valence-corrected chi connectivity index (χ2v) is 6.28. The first kappa shape index (κ1) is 17.6. The van der Waals surface area contributed by atoms with Gasteiger partial charge < -0.3 is 14.6 Å². The van der Waals surface area contributed by atoms with Crippen LogP contribution in [-0.4, -0.2) is 33.7 Å². The number of benzene rings is 2. The van der Waals surface area contributed by atoms with Gasteiger partial charge in [0.25, 0.3) is 15.9 Å². The summed E-state index contributed by atoms with van der Waals surface area (Å²) in [4.78, 5) is 13.7. The van der Waals surface area contributed by atoms with Gasteiger partial charge in [-0.2, -0.15) is 0 Å². The smallest absolute Gasteiger partial charge is 0.266 e. The highest BCUT2D eigenvalue weighted by atomic mass is 32.2. The van der Waals surface area contributed by atoms with Crippen LogP contribution in [0.1, 0.15) is 10.4 Å². The van der Waals surface area contributed by atoms with Gasteiger partial charge in [-0.05, 0) is 30.3 Å². The minimum atomic E-state index is -4.10. The van der Waals surface area contributed by atoms with Crippen LogP contribution in [0.2, 0.25) is 0 Å². The van der Waals surface area contributed by atoms with Gasteiger partial charge in [-0.3, -0.25) is 10.2 Å². The van der Waals surface area contributed by atoms with Crippen LogP contribution in [0, 0.1) is 0 Å². The van der Waals surface area contributed by atoms with Crippen molar-refractivity contribution in [2.24, 2.45) is 0 Å². The monoisotopic (exact) mass is 352 g/mol. The van der Waals surface area contributed by atoms with Crippen molar-refractivity contribution in [1.29, 1.82) is 0 Å². The van der Waals surface area contributed by atoms with E-state index in [9.17, 15) is 18.3 Å². The standard InChI is InChI=1S/C15H16N2O6S/c1-22-12-6-7-13(23-2)14(9-12)24(20,21)17-16-15(19)10-4-3-5-11(18)8-10/h3-9,17-18H,1-2H3,(H,16,19). The molecule has 2 rings (SSSR count). The van der Waals surface area contributed by atoms with E-state index in [-0.39, 0.29) is 22.0 Å². The van der Waals surface area contributed by atoms with Crippen molar-refractivity contribution in [3.8, 4) is 17.2 Å². The van der Waals surface area contributed by atoms with Gasteiger partial charge >= 0.3 is 0 Å². The molecular formula is C15H16N2O6S. The van der Waals surface area contributed by atoms with Crippen molar-refractivity contribution in [1.82, 2.24) is 10.3 Å². The number of hydrogen-bond acceptors (Lipinski definition) is 6. The molecule has 1 amide bonds. The number of carbonyl (C=O) groups is 1. The van der Waals surface area contributed by atoms with Gasteiger partial charge in [0.15, 0.2) is 0 Å². The molecule has 0 saturated carbocycles. The van der Waals surface area contributed by atoms with Crippen molar-refractivity contribution in [3.05, 3.63) is 48.0 Å². The number of phenolic OH excluding ortho intramolecular Hbond substituents is 1. The van der Waals surface area contributed by atoms with E-state index in [1.54, 1.807) is 6.07 Å². The van der Waals surface area contributed by atoms with Gasteiger partial charge in [0, 0.05) is 11.6 Å². The number of hydrogen-bond donors (Lipinski definition) is 3. The SMILES string of the molecule is COc1ccc(OC)c(S(=O)(=O)NNC(=O)c2cccc(O)c2)c1. The van der Waals surface area contributed by atoms with Gasteiger partial charge in [-0.1, -0.05) is 6.07 Å². The molecule has 0 unspecified atom stereocenters. The lowest BCUT2D eigenvalue weighted by molar-refractivity contribution is 0.0944. The first-order valence-corrected chi connectivity index (χ1v) is 8.19. The first-order chi connectivity index (χ1) is 11.4. The van der Waals surface area contributed by atoms with Crippen molar-refractivity contribution in [2.75, 3.05) is 14.2 Å². The molecule has 0 aliphatic heterocycles. The second kappa shape index (κ2) is 7.20. The topological polar surface area (TPSA) is 114 Å². The van der Waals surface area contributed by atoms with Crippen LogP contribution in [0.3, 0.4) is 0 Å². The van der Waals surface area contributed by atoms with Gasteiger partial charge in [-0.25, -0.2) is 8.42 Å². The average molecular weight is 352 g/mol. The molecule has 0 fully saturated rings. The third-order valence-electron chi connectivity index (χ3n) is 3.07. The lowest BCUT2D eigenvalue weighted by Gasteiger charge is -2.12. The Labute approximate surface area is 139 Å². The fourth-order valence-electron chi connectivity index (χ4n) is 1.88. The average Bonchev–Trinajstić information content (AvgIpc) is 2.59.